The van der Waals surface area contributed by atoms with Gasteiger partial charge in [0.2, 0.25) is 5.91 Å². The molecule has 1 aromatic rings. The zero-order valence-corrected chi connectivity index (χ0v) is 13.8. The van der Waals surface area contributed by atoms with Crippen LogP contribution in [-0.4, -0.2) is 17.0 Å². The zero-order valence-electron chi connectivity index (χ0n) is 13.1. The SMILES string of the molecule is O=C(O)C1CCC1C(=O)NC1(c2ccc(Cl)cc2)CCCCC1. The molecule has 23 heavy (non-hydrogen) atoms. The molecule has 124 valence electrons. The van der Waals surface area contributed by atoms with Crippen LogP contribution in [-0.2, 0) is 15.1 Å². The molecule has 1 aromatic carbocycles. The van der Waals surface area contributed by atoms with E-state index in [9.17, 15) is 14.7 Å². The molecular weight excluding hydrogens is 314 g/mol. The van der Waals surface area contributed by atoms with Gasteiger partial charge in [0.1, 0.15) is 0 Å². The number of aliphatic carboxylic acids is 1. The van der Waals surface area contributed by atoms with Crippen molar-refractivity contribution in [3.63, 3.8) is 0 Å². The summed E-state index contributed by atoms with van der Waals surface area (Å²) in [7, 11) is 0. The highest BCUT2D eigenvalue weighted by Gasteiger charge is 2.44. The Labute approximate surface area is 141 Å². The number of benzene rings is 1. The van der Waals surface area contributed by atoms with Crippen molar-refractivity contribution in [1.29, 1.82) is 0 Å². The van der Waals surface area contributed by atoms with Crippen molar-refractivity contribution in [2.75, 3.05) is 0 Å². The topological polar surface area (TPSA) is 66.4 Å². The molecule has 2 atom stereocenters. The van der Waals surface area contributed by atoms with Crippen LogP contribution < -0.4 is 5.32 Å². The van der Waals surface area contributed by atoms with Gasteiger partial charge < -0.3 is 10.4 Å². The van der Waals surface area contributed by atoms with E-state index in [2.05, 4.69) is 5.32 Å². The standard InChI is InChI=1S/C18H22ClNO3/c19-13-6-4-12(5-7-13)18(10-2-1-3-11-18)20-16(21)14-8-9-15(14)17(22)23/h4-7,14-15H,1-3,8-11H2,(H,20,21)(H,22,23). The number of hydrogen-bond donors (Lipinski definition) is 2. The Morgan fingerprint density at radius 3 is 2.17 bits per heavy atom. The van der Waals surface area contributed by atoms with Gasteiger partial charge in [-0.1, -0.05) is 43.0 Å². The minimum absolute atomic E-state index is 0.111. The Balaban J connectivity index is 1.81. The molecule has 0 spiro atoms. The van der Waals surface area contributed by atoms with Crippen molar-refractivity contribution in [2.24, 2.45) is 11.8 Å². The van der Waals surface area contributed by atoms with Gasteiger partial charge in [-0.25, -0.2) is 0 Å². The number of hydrogen-bond acceptors (Lipinski definition) is 2. The maximum absolute atomic E-state index is 12.7. The summed E-state index contributed by atoms with van der Waals surface area (Å²) in [6.45, 7) is 0. The number of rotatable bonds is 4. The van der Waals surface area contributed by atoms with Crippen LogP contribution in [0.15, 0.2) is 24.3 Å². The van der Waals surface area contributed by atoms with Gasteiger partial charge in [-0.05, 0) is 43.4 Å². The summed E-state index contributed by atoms with van der Waals surface area (Å²) in [6, 6.07) is 7.65. The summed E-state index contributed by atoms with van der Waals surface area (Å²) in [5.74, 6) is -1.89. The third kappa shape index (κ3) is 3.23. The first-order valence-electron chi connectivity index (χ1n) is 8.33. The lowest BCUT2D eigenvalue weighted by molar-refractivity contribution is -0.153. The van der Waals surface area contributed by atoms with Gasteiger partial charge in [0.25, 0.3) is 0 Å². The Morgan fingerprint density at radius 2 is 1.65 bits per heavy atom. The zero-order chi connectivity index (χ0) is 16.4. The lowest BCUT2D eigenvalue weighted by Crippen LogP contribution is -2.53. The molecule has 4 nitrogen and oxygen atoms in total. The molecule has 2 saturated carbocycles. The van der Waals surface area contributed by atoms with Crippen molar-refractivity contribution in [1.82, 2.24) is 5.32 Å². The Morgan fingerprint density at radius 1 is 1.04 bits per heavy atom. The first-order chi connectivity index (χ1) is 11.0. The fraction of sp³-hybridized carbons (Fsp3) is 0.556. The van der Waals surface area contributed by atoms with E-state index in [1.165, 1.54) is 6.42 Å². The van der Waals surface area contributed by atoms with E-state index < -0.39 is 17.8 Å². The van der Waals surface area contributed by atoms with Crippen LogP contribution in [0.1, 0.15) is 50.5 Å². The molecule has 2 aliphatic rings. The number of carbonyl (C=O) groups is 2. The van der Waals surface area contributed by atoms with Crippen LogP contribution in [0.3, 0.4) is 0 Å². The highest BCUT2D eigenvalue weighted by atomic mass is 35.5. The molecule has 2 fully saturated rings. The molecule has 0 bridgehead atoms. The molecule has 3 rings (SSSR count). The second kappa shape index (κ2) is 6.52. The summed E-state index contributed by atoms with van der Waals surface area (Å²) in [5, 5.41) is 13.1. The molecule has 2 N–H and O–H groups in total. The minimum atomic E-state index is -0.861. The van der Waals surface area contributed by atoms with Gasteiger partial charge >= 0.3 is 5.97 Å². The third-order valence-corrected chi connectivity index (χ3v) is 5.65. The van der Waals surface area contributed by atoms with Crippen LogP contribution in [0.2, 0.25) is 5.02 Å². The molecule has 0 heterocycles. The Hall–Kier alpha value is -1.55. The largest absolute Gasteiger partial charge is 0.481 e. The molecular formula is C18H22ClNO3. The highest BCUT2D eigenvalue weighted by Crippen LogP contribution is 2.40. The van der Waals surface area contributed by atoms with Crippen LogP contribution in [0.5, 0.6) is 0 Å². The normalized spacial score (nSPS) is 26.1. The van der Waals surface area contributed by atoms with E-state index in [0.29, 0.717) is 17.9 Å². The van der Waals surface area contributed by atoms with Crippen molar-refractivity contribution in [3.8, 4) is 0 Å². The predicted octanol–water partition coefficient (Wildman–Crippen LogP) is 3.73. The monoisotopic (exact) mass is 335 g/mol. The van der Waals surface area contributed by atoms with E-state index in [4.69, 9.17) is 11.6 Å². The van der Waals surface area contributed by atoms with Crippen molar-refractivity contribution < 1.29 is 14.7 Å². The van der Waals surface area contributed by atoms with Gasteiger partial charge in [-0.3, -0.25) is 9.59 Å². The quantitative estimate of drug-likeness (QED) is 0.881. The summed E-state index contributed by atoms with van der Waals surface area (Å²) < 4.78 is 0. The summed E-state index contributed by atoms with van der Waals surface area (Å²) in [4.78, 5) is 23.8. The van der Waals surface area contributed by atoms with Gasteiger partial charge in [0.15, 0.2) is 0 Å². The van der Waals surface area contributed by atoms with Crippen LogP contribution in [0.25, 0.3) is 0 Å². The van der Waals surface area contributed by atoms with Gasteiger partial charge in [-0.2, -0.15) is 0 Å². The maximum Gasteiger partial charge on any atom is 0.307 e. The predicted molar refractivity (Wildman–Crippen MR) is 88.2 cm³/mol. The lowest BCUT2D eigenvalue weighted by Gasteiger charge is -2.42. The van der Waals surface area contributed by atoms with E-state index in [1.807, 2.05) is 24.3 Å². The molecule has 1 amide bonds. The number of amides is 1. The second-order valence-corrected chi connectivity index (χ2v) is 7.20. The molecule has 5 heteroatoms. The minimum Gasteiger partial charge on any atom is -0.481 e. The first-order valence-corrected chi connectivity index (χ1v) is 8.70. The average molecular weight is 336 g/mol. The second-order valence-electron chi connectivity index (χ2n) is 6.77. The Bertz CT molecular complexity index is 593. The van der Waals surface area contributed by atoms with Gasteiger partial charge in [-0.15, -0.1) is 0 Å². The van der Waals surface area contributed by atoms with E-state index in [1.54, 1.807) is 0 Å². The number of nitrogens with one attached hydrogen (secondary N) is 1. The average Bonchev–Trinajstić information content (AvgIpc) is 2.46. The molecule has 0 saturated heterocycles. The van der Waals surface area contributed by atoms with Crippen molar-refractivity contribution >= 4 is 23.5 Å². The molecule has 2 aliphatic carbocycles. The van der Waals surface area contributed by atoms with E-state index >= 15 is 0 Å². The first kappa shape index (κ1) is 16.3. The van der Waals surface area contributed by atoms with Gasteiger partial charge in [0, 0.05) is 5.02 Å². The van der Waals surface area contributed by atoms with Crippen LogP contribution >= 0.6 is 11.6 Å². The van der Waals surface area contributed by atoms with E-state index in [0.717, 1.165) is 31.2 Å². The summed E-state index contributed by atoms with van der Waals surface area (Å²) >= 11 is 5.99. The van der Waals surface area contributed by atoms with Crippen molar-refractivity contribution in [2.45, 2.75) is 50.5 Å². The fourth-order valence-electron chi connectivity index (χ4n) is 3.85. The third-order valence-electron chi connectivity index (χ3n) is 5.39. The van der Waals surface area contributed by atoms with Crippen LogP contribution in [0, 0.1) is 11.8 Å². The highest BCUT2D eigenvalue weighted by molar-refractivity contribution is 6.30. The summed E-state index contributed by atoms with van der Waals surface area (Å²) in [5.41, 5.74) is 0.694. The van der Waals surface area contributed by atoms with E-state index in [-0.39, 0.29) is 11.4 Å². The van der Waals surface area contributed by atoms with Gasteiger partial charge in [0.05, 0.1) is 17.4 Å². The Kier molecular flexibility index (Phi) is 4.62. The smallest absolute Gasteiger partial charge is 0.307 e. The summed E-state index contributed by atoms with van der Waals surface area (Å²) in [6.07, 6.45) is 6.36. The molecule has 2 unspecified atom stereocenters. The maximum atomic E-state index is 12.7. The molecule has 0 radical (unpaired) electrons. The lowest BCUT2D eigenvalue weighted by atomic mass is 9.71. The number of carboxylic acid groups (broad SMARTS) is 1. The number of halogens is 1. The number of carboxylic acids is 1. The van der Waals surface area contributed by atoms with Crippen LogP contribution in [0.4, 0.5) is 0 Å². The molecule has 0 aliphatic heterocycles. The fourth-order valence-corrected chi connectivity index (χ4v) is 3.97. The van der Waals surface area contributed by atoms with Crippen molar-refractivity contribution in [3.05, 3.63) is 34.9 Å². The number of carbonyl (C=O) groups excluding carboxylic acids is 1. The molecule has 0 aromatic heterocycles.